The highest BCUT2D eigenvalue weighted by Crippen LogP contribution is 2.36. The predicted octanol–water partition coefficient (Wildman–Crippen LogP) is 1.23. The van der Waals surface area contributed by atoms with Crippen molar-refractivity contribution in [1.29, 1.82) is 0 Å². The van der Waals surface area contributed by atoms with Crippen molar-refractivity contribution in [2.24, 2.45) is 17.6 Å². The number of halogens is 2. The number of hydrogen-bond donors (Lipinski definition) is 1. The Morgan fingerprint density at radius 1 is 1.21 bits per heavy atom. The smallest absolute Gasteiger partial charge is 0.310 e. The van der Waals surface area contributed by atoms with Crippen LogP contribution < -0.4 is 5.73 Å². The van der Waals surface area contributed by atoms with Gasteiger partial charge in [-0.25, -0.2) is 8.78 Å². The van der Waals surface area contributed by atoms with Crippen molar-refractivity contribution in [3.63, 3.8) is 0 Å². The van der Waals surface area contributed by atoms with Crippen LogP contribution in [0.2, 0.25) is 0 Å². The zero-order chi connectivity index (χ0) is 16.8. The van der Waals surface area contributed by atoms with Crippen molar-refractivity contribution in [3.8, 4) is 0 Å². The third-order valence-corrected chi connectivity index (χ3v) is 5.39. The summed E-state index contributed by atoms with van der Waals surface area (Å²) in [6, 6.07) is 2.99. The van der Waals surface area contributed by atoms with Gasteiger partial charge in [0.25, 0.3) is 0 Å². The number of carbonyl (C=O) groups is 1. The molecule has 2 N–H and O–H groups in total. The molecule has 5 atom stereocenters. The molecule has 3 heterocycles. The van der Waals surface area contributed by atoms with Crippen LogP contribution in [0, 0.1) is 23.5 Å². The number of hydrogen-bond acceptors (Lipinski definition) is 5. The van der Waals surface area contributed by atoms with Crippen LogP contribution in [0.1, 0.15) is 18.1 Å². The fourth-order valence-corrected chi connectivity index (χ4v) is 4.09. The summed E-state index contributed by atoms with van der Waals surface area (Å²) in [6.07, 6.45) is -0.0289. The first-order chi connectivity index (χ1) is 11.5. The van der Waals surface area contributed by atoms with Gasteiger partial charge in [0.05, 0.1) is 19.1 Å². The normalized spacial score (nSPS) is 36.6. The molecule has 3 fully saturated rings. The largest absolute Gasteiger partial charge is 0.465 e. The fraction of sp³-hybridized carbons (Fsp3) is 0.588. The molecule has 4 rings (SSSR count). The second kappa shape index (κ2) is 6.06. The van der Waals surface area contributed by atoms with E-state index in [0.717, 1.165) is 24.7 Å². The second-order valence-corrected chi connectivity index (χ2v) is 6.92. The lowest BCUT2D eigenvalue weighted by Crippen LogP contribution is -2.49. The zero-order valence-corrected chi connectivity index (χ0v) is 13.2. The molecule has 1 aromatic rings. The second-order valence-electron chi connectivity index (χ2n) is 6.92. The number of rotatable bonds is 2. The molecular weight excluding hydrogens is 318 g/mol. The number of nitrogens with zero attached hydrogens (tertiary/aromatic N) is 1. The Balaban J connectivity index is 1.43. The van der Waals surface area contributed by atoms with E-state index in [1.807, 2.05) is 0 Å². The number of carbonyl (C=O) groups excluding carboxylic acids is 1. The maximum atomic E-state index is 14.0. The molecule has 0 radical (unpaired) electrons. The maximum Gasteiger partial charge on any atom is 0.310 e. The third-order valence-electron chi connectivity index (χ3n) is 5.39. The van der Waals surface area contributed by atoms with E-state index >= 15 is 0 Å². The first kappa shape index (κ1) is 15.9. The van der Waals surface area contributed by atoms with Gasteiger partial charge in [-0.2, -0.15) is 0 Å². The van der Waals surface area contributed by atoms with Crippen LogP contribution in [-0.2, 0) is 14.3 Å². The molecule has 1 aromatic carbocycles. The van der Waals surface area contributed by atoms with Crippen LogP contribution in [0.5, 0.6) is 0 Å². The van der Waals surface area contributed by atoms with E-state index in [1.54, 1.807) is 0 Å². The lowest BCUT2D eigenvalue weighted by Gasteiger charge is -2.39. The van der Waals surface area contributed by atoms with Gasteiger partial charge in [-0.05, 0) is 24.6 Å². The fourth-order valence-electron chi connectivity index (χ4n) is 4.09. The molecule has 0 aliphatic carbocycles. The van der Waals surface area contributed by atoms with Crippen LogP contribution in [0.3, 0.4) is 0 Å². The van der Waals surface area contributed by atoms with Crippen LogP contribution in [0.15, 0.2) is 18.2 Å². The standard InChI is InChI=1S/C17H20F2N2O3/c18-10-1-2-14(19)12(3-10)16-15(20)4-11(8-23-16)21-5-9-7-24-17(22)13(9)6-21/h1-3,9,11,13,15-16H,4-8,20H2/t9?,11-,13?,15+,16-/m1/s1. The number of fused-ring (bicyclic) bond motifs is 1. The lowest BCUT2D eigenvalue weighted by atomic mass is 9.93. The Morgan fingerprint density at radius 3 is 2.79 bits per heavy atom. The molecule has 0 bridgehead atoms. The Hall–Kier alpha value is -1.57. The van der Waals surface area contributed by atoms with Gasteiger partial charge in [-0.15, -0.1) is 0 Å². The van der Waals surface area contributed by atoms with Gasteiger partial charge in [0.15, 0.2) is 0 Å². The predicted molar refractivity (Wildman–Crippen MR) is 80.9 cm³/mol. The number of likely N-dealkylation sites (tertiary alicyclic amines) is 1. The molecule has 2 unspecified atom stereocenters. The number of ether oxygens (including phenoxy) is 2. The number of nitrogens with two attached hydrogens (primary N) is 1. The van der Waals surface area contributed by atoms with E-state index < -0.39 is 23.8 Å². The average Bonchev–Trinajstić information content (AvgIpc) is 3.12. The van der Waals surface area contributed by atoms with Crippen molar-refractivity contribution >= 4 is 5.97 Å². The molecule has 5 nitrogen and oxygen atoms in total. The minimum absolute atomic E-state index is 0.0559. The first-order valence-corrected chi connectivity index (χ1v) is 8.25. The van der Waals surface area contributed by atoms with Gasteiger partial charge in [-0.1, -0.05) is 0 Å². The molecule has 7 heteroatoms. The van der Waals surface area contributed by atoms with Crippen molar-refractivity contribution in [3.05, 3.63) is 35.4 Å². The topological polar surface area (TPSA) is 64.8 Å². The average molecular weight is 338 g/mol. The molecule has 3 saturated heterocycles. The van der Waals surface area contributed by atoms with E-state index in [-0.39, 0.29) is 29.4 Å². The van der Waals surface area contributed by atoms with Crippen LogP contribution >= 0.6 is 0 Å². The molecule has 24 heavy (non-hydrogen) atoms. The highest BCUT2D eigenvalue weighted by atomic mass is 19.1. The third kappa shape index (κ3) is 2.70. The summed E-state index contributed by atoms with van der Waals surface area (Å²) < 4.78 is 38.2. The highest BCUT2D eigenvalue weighted by molar-refractivity contribution is 5.75. The number of esters is 1. The van der Waals surface area contributed by atoms with Gasteiger partial charge in [0.1, 0.15) is 17.7 Å². The minimum Gasteiger partial charge on any atom is -0.465 e. The van der Waals surface area contributed by atoms with Crippen LogP contribution in [-0.4, -0.2) is 49.3 Å². The summed E-state index contributed by atoms with van der Waals surface area (Å²) >= 11 is 0. The Bertz CT molecular complexity index is 657. The minimum atomic E-state index is -0.649. The highest BCUT2D eigenvalue weighted by Gasteiger charge is 2.47. The number of benzene rings is 1. The molecule has 3 aliphatic rings. The van der Waals surface area contributed by atoms with Crippen LogP contribution in [0.25, 0.3) is 0 Å². The van der Waals surface area contributed by atoms with Gasteiger partial charge in [-0.3, -0.25) is 9.69 Å². The Labute approximate surface area is 138 Å². The van der Waals surface area contributed by atoms with Crippen molar-refractivity contribution in [2.75, 3.05) is 26.3 Å². The summed E-state index contributed by atoms with van der Waals surface area (Å²) in [5, 5.41) is 0. The summed E-state index contributed by atoms with van der Waals surface area (Å²) in [5.74, 6) is -0.945. The molecule has 0 amide bonds. The summed E-state index contributed by atoms with van der Waals surface area (Å²) in [5.41, 5.74) is 6.37. The van der Waals surface area contributed by atoms with Gasteiger partial charge < -0.3 is 15.2 Å². The van der Waals surface area contributed by atoms with E-state index in [9.17, 15) is 13.6 Å². The van der Waals surface area contributed by atoms with Crippen molar-refractivity contribution in [1.82, 2.24) is 4.90 Å². The van der Waals surface area contributed by atoms with Gasteiger partial charge >= 0.3 is 5.97 Å². The van der Waals surface area contributed by atoms with Gasteiger partial charge in [0.2, 0.25) is 0 Å². The zero-order valence-electron chi connectivity index (χ0n) is 13.2. The molecular formula is C17H20F2N2O3. The quantitative estimate of drug-likeness (QED) is 0.822. The Morgan fingerprint density at radius 2 is 2.04 bits per heavy atom. The summed E-state index contributed by atoms with van der Waals surface area (Å²) in [4.78, 5) is 13.9. The van der Waals surface area contributed by atoms with Gasteiger partial charge in [0, 0.05) is 36.7 Å². The SMILES string of the molecule is N[C@H]1C[C@@H](N2CC3COC(=O)C3C2)CO[C@@H]1c1cc(F)ccc1F. The molecule has 130 valence electrons. The first-order valence-electron chi connectivity index (χ1n) is 8.25. The van der Waals surface area contributed by atoms with E-state index in [2.05, 4.69) is 4.90 Å². The number of cyclic esters (lactones) is 1. The Kier molecular flexibility index (Phi) is 4.02. The lowest BCUT2D eigenvalue weighted by molar-refractivity contribution is -0.141. The molecule has 3 aliphatic heterocycles. The van der Waals surface area contributed by atoms with Crippen molar-refractivity contribution < 1.29 is 23.0 Å². The summed E-state index contributed by atoms with van der Waals surface area (Å²) in [6.45, 7) is 2.32. The molecule has 0 spiro atoms. The van der Waals surface area contributed by atoms with E-state index in [4.69, 9.17) is 15.2 Å². The van der Waals surface area contributed by atoms with Crippen LogP contribution in [0.4, 0.5) is 8.78 Å². The summed E-state index contributed by atoms with van der Waals surface area (Å²) in [7, 11) is 0. The van der Waals surface area contributed by atoms with E-state index in [0.29, 0.717) is 26.2 Å². The monoisotopic (exact) mass is 338 g/mol. The van der Waals surface area contributed by atoms with Crippen molar-refractivity contribution in [2.45, 2.75) is 24.6 Å². The van der Waals surface area contributed by atoms with E-state index in [1.165, 1.54) is 0 Å². The maximum absolute atomic E-state index is 14.0. The molecule has 0 saturated carbocycles. The molecule has 0 aromatic heterocycles.